The number of sulfonamides is 1. The summed E-state index contributed by atoms with van der Waals surface area (Å²) in [6.45, 7) is 3.17. The lowest BCUT2D eigenvalue weighted by Crippen LogP contribution is -2.33. The number of nitrogens with zero attached hydrogens (tertiary/aromatic N) is 2. The van der Waals surface area contributed by atoms with Gasteiger partial charge in [-0.1, -0.05) is 13.0 Å². The van der Waals surface area contributed by atoms with Crippen molar-refractivity contribution in [3.8, 4) is 0 Å². The number of hydrogen-bond acceptors (Lipinski definition) is 4. The van der Waals surface area contributed by atoms with Crippen molar-refractivity contribution in [1.82, 2.24) is 9.29 Å². The van der Waals surface area contributed by atoms with Crippen LogP contribution in [0, 0.1) is 0 Å². The molecule has 0 fully saturated rings. The Morgan fingerprint density at radius 2 is 2.05 bits per heavy atom. The molecule has 108 valence electrons. The molecule has 0 atom stereocenters. The second kappa shape index (κ2) is 6.30. The standard InChI is InChI=1S/C14H19N3O2S/c1-2-17(11-5-9-15)20(18,19)14-8-3-7-13-12(14)6-4-10-16-13/h3-4,6-8,10H,2,5,9,11,15H2,1H3. The Morgan fingerprint density at radius 1 is 1.25 bits per heavy atom. The Morgan fingerprint density at radius 3 is 2.75 bits per heavy atom. The van der Waals surface area contributed by atoms with Crippen molar-refractivity contribution in [1.29, 1.82) is 0 Å². The number of aromatic nitrogens is 1. The molecule has 0 spiro atoms. The van der Waals surface area contributed by atoms with Crippen molar-refractivity contribution in [2.75, 3.05) is 19.6 Å². The van der Waals surface area contributed by atoms with E-state index < -0.39 is 10.0 Å². The van der Waals surface area contributed by atoms with Gasteiger partial charge in [-0.15, -0.1) is 0 Å². The third kappa shape index (κ3) is 2.82. The summed E-state index contributed by atoms with van der Waals surface area (Å²) in [5.41, 5.74) is 6.16. The Hall–Kier alpha value is -1.50. The molecule has 5 nitrogen and oxygen atoms in total. The maximum Gasteiger partial charge on any atom is 0.243 e. The number of rotatable bonds is 6. The molecular weight excluding hydrogens is 274 g/mol. The normalized spacial score (nSPS) is 12.2. The SMILES string of the molecule is CCN(CCCN)S(=O)(=O)c1cccc2ncccc12. The van der Waals surface area contributed by atoms with Crippen LogP contribution in [0.2, 0.25) is 0 Å². The van der Waals surface area contributed by atoms with Gasteiger partial charge in [0.15, 0.2) is 0 Å². The van der Waals surface area contributed by atoms with Gasteiger partial charge in [0.1, 0.15) is 0 Å². The molecule has 0 aliphatic rings. The summed E-state index contributed by atoms with van der Waals surface area (Å²) in [7, 11) is -3.51. The van der Waals surface area contributed by atoms with Gasteiger partial charge >= 0.3 is 0 Å². The highest BCUT2D eigenvalue weighted by atomic mass is 32.2. The van der Waals surface area contributed by atoms with Crippen LogP contribution in [0.25, 0.3) is 10.9 Å². The van der Waals surface area contributed by atoms with Crippen molar-refractivity contribution in [2.24, 2.45) is 5.73 Å². The molecule has 1 aromatic heterocycles. The van der Waals surface area contributed by atoms with E-state index in [0.29, 0.717) is 41.9 Å². The van der Waals surface area contributed by atoms with Crippen LogP contribution in [-0.2, 0) is 10.0 Å². The molecule has 0 unspecified atom stereocenters. The average Bonchev–Trinajstić information content (AvgIpc) is 2.47. The lowest BCUT2D eigenvalue weighted by atomic mass is 10.2. The van der Waals surface area contributed by atoms with Crippen molar-refractivity contribution >= 4 is 20.9 Å². The lowest BCUT2D eigenvalue weighted by Gasteiger charge is -2.21. The number of hydrogen-bond donors (Lipinski definition) is 1. The van der Waals surface area contributed by atoms with Crippen LogP contribution in [-0.4, -0.2) is 37.3 Å². The van der Waals surface area contributed by atoms with E-state index in [1.807, 2.05) is 13.0 Å². The molecule has 2 N–H and O–H groups in total. The fourth-order valence-corrected chi connectivity index (χ4v) is 3.84. The largest absolute Gasteiger partial charge is 0.330 e. The van der Waals surface area contributed by atoms with Gasteiger partial charge in [0.05, 0.1) is 10.4 Å². The molecule has 1 aromatic carbocycles. The number of pyridine rings is 1. The predicted octanol–water partition coefficient (Wildman–Crippen LogP) is 1.59. The molecule has 2 aromatic rings. The molecule has 2 rings (SSSR count). The number of nitrogens with two attached hydrogens (primary N) is 1. The van der Waals surface area contributed by atoms with Gasteiger partial charge in [-0.05, 0) is 37.2 Å². The van der Waals surface area contributed by atoms with Crippen LogP contribution < -0.4 is 5.73 Å². The molecule has 0 aliphatic heterocycles. The molecule has 0 saturated heterocycles. The summed E-state index contributed by atoms with van der Waals surface area (Å²) in [6.07, 6.45) is 2.31. The first-order valence-corrected chi connectivity index (χ1v) is 8.09. The van der Waals surface area contributed by atoms with Crippen molar-refractivity contribution in [2.45, 2.75) is 18.2 Å². The lowest BCUT2D eigenvalue weighted by molar-refractivity contribution is 0.423. The zero-order valence-corrected chi connectivity index (χ0v) is 12.3. The van der Waals surface area contributed by atoms with E-state index in [9.17, 15) is 8.42 Å². The van der Waals surface area contributed by atoms with Crippen LogP contribution in [0.15, 0.2) is 41.4 Å². The third-order valence-corrected chi connectivity index (χ3v) is 5.22. The molecule has 1 heterocycles. The van der Waals surface area contributed by atoms with Crippen LogP contribution in [0.4, 0.5) is 0 Å². The minimum atomic E-state index is -3.51. The highest BCUT2D eigenvalue weighted by Crippen LogP contribution is 2.24. The Labute approximate surface area is 119 Å². The van der Waals surface area contributed by atoms with Crippen LogP contribution >= 0.6 is 0 Å². The van der Waals surface area contributed by atoms with Gasteiger partial charge in [0, 0.05) is 24.7 Å². The maximum absolute atomic E-state index is 12.7. The molecule has 0 aliphatic carbocycles. The molecule has 0 amide bonds. The topological polar surface area (TPSA) is 76.3 Å². The van der Waals surface area contributed by atoms with E-state index in [2.05, 4.69) is 4.98 Å². The van der Waals surface area contributed by atoms with Gasteiger partial charge < -0.3 is 5.73 Å². The fraction of sp³-hybridized carbons (Fsp3) is 0.357. The predicted molar refractivity (Wildman–Crippen MR) is 79.8 cm³/mol. The molecule has 6 heteroatoms. The van der Waals surface area contributed by atoms with E-state index in [1.54, 1.807) is 30.5 Å². The Bertz CT molecular complexity index is 680. The molecule has 20 heavy (non-hydrogen) atoms. The van der Waals surface area contributed by atoms with Gasteiger partial charge in [-0.3, -0.25) is 4.98 Å². The molecule has 0 radical (unpaired) electrons. The quantitative estimate of drug-likeness (QED) is 0.877. The molecular formula is C14H19N3O2S. The van der Waals surface area contributed by atoms with Crippen molar-refractivity contribution in [3.05, 3.63) is 36.5 Å². The summed E-state index contributed by atoms with van der Waals surface area (Å²) in [5.74, 6) is 0. The Kier molecular flexibility index (Phi) is 4.69. The first-order valence-electron chi connectivity index (χ1n) is 6.65. The van der Waals surface area contributed by atoms with E-state index in [1.165, 1.54) is 4.31 Å². The third-order valence-electron chi connectivity index (χ3n) is 3.19. The zero-order valence-electron chi connectivity index (χ0n) is 11.5. The van der Waals surface area contributed by atoms with Crippen molar-refractivity contribution < 1.29 is 8.42 Å². The van der Waals surface area contributed by atoms with Crippen LogP contribution in [0.3, 0.4) is 0 Å². The average molecular weight is 293 g/mol. The Balaban J connectivity index is 2.51. The maximum atomic E-state index is 12.7. The second-order valence-electron chi connectivity index (χ2n) is 4.47. The van der Waals surface area contributed by atoms with Gasteiger partial charge in [0.2, 0.25) is 10.0 Å². The van der Waals surface area contributed by atoms with Crippen molar-refractivity contribution in [3.63, 3.8) is 0 Å². The fourth-order valence-electron chi connectivity index (χ4n) is 2.16. The summed E-state index contributed by atoms with van der Waals surface area (Å²) in [4.78, 5) is 4.51. The number of fused-ring (bicyclic) bond motifs is 1. The first-order chi connectivity index (χ1) is 9.61. The highest BCUT2D eigenvalue weighted by Gasteiger charge is 2.24. The van der Waals surface area contributed by atoms with Gasteiger partial charge in [0.25, 0.3) is 0 Å². The summed E-state index contributed by atoms with van der Waals surface area (Å²) >= 11 is 0. The summed E-state index contributed by atoms with van der Waals surface area (Å²) < 4.78 is 26.9. The van der Waals surface area contributed by atoms with E-state index in [0.717, 1.165) is 0 Å². The molecule has 0 bridgehead atoms. The summed E-state index contributed by atoms with van der Waals surface area (Å²) in [5, 5.41) is 0.654. The molecule has 0 saturated carbocycles. The van der Waals surface area contributed by atoms with Gasteiger partial charge in [-0.2, -0.15) is 4.31 Å². The highest BCUT2D eigenvalue weighted by molar-refractivity contribution is 7.89. The smallest absolute Gasteiger partial charge is 0.243 e. The first kappa shape index (κ1) is 14.9. The van der Waals surface area contributed by atoms with Gasteiger partial charge in [-0.25, -0.2) is 8.42 Å². The minimum Gasteiger partial charge on any atom is -0.330 e. The minimum absolute atomic E-state index is 0.307. The van der Waals surface area contributed by atoms with E-state index >= 15 is 0 Å². The number of benzene rings is 1. The van der Waals surface area contributed by atoms with Crippen LogP contribution in [0.1, 0.15) is 13.3 Å². The second-order valence-corrected chi connectivity index (χ2v) is 6.37. The van der Waals surface area contributed by atoms with E-state index in [4.69, 9.17) is 5.73 Å². The van der Waals surface area contributed by atoms with E-state index in [-0.39, 0.29) is 0 Å². The zero-order chi connectivity index (χ0) is 14.6. The summed E-state index contributed by atoms with van der Waals surface area (Å²) in [6, 6.07) is 8.69. The van der Waals surface area contributed by atoms with Crippen LogP contribution in [0.5, 0.6) is 0 Å². The monoisotopic (exact) mass is 293 g/mol.